The molecule has 1 heterocycles. The predicted molar refractivity (Wildman–Crippen MR) is 49.9 cm³/mol. The molecule has 0 aromatic rings. The van der Waals surface area contributed by atoms with E-state index in [0.717, 1.165) is 19.4 Å². The van der Waals surface area contributed by atoms with Crippen LogP contribution in [0.2, 0.25) is 0 Å². The molecule has 0 unspecified atom stereocenters. The van der Waals surface area contributed by atoms with Crippen LogP contribution < -0.4 is 0 Å². The fraction of sp³-hybridized carbons (Fsp3) is 0.700. The lowest BCUT2D eigenvalue weighted by atomic mass is 10.1. The zero-order valence-electron chi connectivity index (χ0n) is 8.18. The van der Waals surface area contributed by atoms with Crippen molar-refractivity contribution < 1.29 is 4.79 Å². The molecule has 1 fully saturated rings. The molecule has 0 spiro atoms. The van der Waals surface area contributed by atoms with Crippen molar-refractivity contribution in [2.75, 3.05) is 13.1 Å². The van der Waals surface area contributed by atoms with Gasteiger partial charge in [-0.1, -0.05) is 5.57 Å². The van der Waals surface area contributed by atoms with Gasteiger partial charge in [-0.15, -0.1) is 0 Å². The van der Waals surface area contributed by atoms with Crippen molar-refractivity contribution in [2.45, 2.75) is 33.6 Å². The number of hydrogen-bond donors (Lipinski definition) is 0. The van der Waals surface area contributed by atoms with Crippen molar-refractivity contribution in [3.8, 4) is 0 Å². The van der Waals surface area contributed by atoms with Crippen LogP contribution in [-0.4, -0.2) is 23.8 Å². The summed E-state index contributed by atoms with van der Waals surface area (Å²) in [7, 11) is 0. The summed E-state index contributed by atoms with van der Waals surface area (Å²) < 4.78 is 0. The number of carbonyl (C=O) groups excluding carboxylic acids is 1. The van der Waals surface area contributed by atoms with E-state index in [1.165, 1.54) is 11.3 Å². The van der Waals surface area contributed by atoms with Crippen molar-refractivity contribution in [2.24, 2.45) is 0 Å². The highest BCUT2D eigenvalue weighted by atomic mass is 16.1. The highest BCUT2D eigenvalue weighted by molar-refractivity contribution is 5.81. The molecular formula is C10H17NO. The highest BCUT2D eigenvalue weighted by Crippen LogP contribution is 2.14. The van der Waals surface area contributed by atoms with Crippen LogP contribution >= 0.6 is 0 Å². The fourth-order valence-corrected chi connectivity index (χ4v) is 1.44. The molecule has 1 aliphatic rings. The Morgan fingerprint density at radius 2 is 2.00 bits per heavy atom. The topological polar surface area (TPSA) is 20.3 Å². The van der Waals surface area contributed by atoms with Crippen molar-refractivity contribution >= 4 is 5.78 Å². The molecule has 12 heavy (non-hydrogen) atoms. The lowest BCUT2D eigenvalue weighted by molar-refractivity contribution is -0.121. The van der Waals surface area contributed by atoms with E-state index in [1.54, 1.807) is 0 Å². The second kappa shape index (κ2) is 3.74. The molecular weight excluding hydrogens is 150 g/mol. The van der Waals surface area contributed by atoms with E-state index in [1.807, 2.05) is 0 Å². The number of piperidine rings is 1. The first-order valence-electron chi connectivity index (χ1n) is 4.52. The largest absolute Gasteiger partial charge is 0.368 e. The summed E-state index contributed by atoms with van der Waals surface area (Å²) in [6.07, 6.45) is 1.79. The maximum Gasteiger partial charge on any atom is 0.152 e. The van der Waals surface area contributed by atoms with Crippen LogP contribution in [-0.2, 0) is 4.79 Å². The summed E-state index contributed by atoms with van der Waals surface area (Å²) in [5, 5.41) is 0. The van der Waals surface area contributed by atoms with Crippen LogP contribution in [0, 0.1) is 0 Å². The van der Waals surface area contributed by atoms with Gasteiger partial charge in [0, 0.05) is 18.7 Å². The first kappa shape index (κ1) is 9.30. The molecule has 0 bridgehead atoms. The first-order valence-corrected chi connectivity index (χ1v) is 4.52. The molecule has 1 aliphatic heterocycles. The van der Waals surface area contributed by atoms with Gasteiger partial charge in [0.15, 0.2) is 5.78 Å². The van der Waals surface area contributed by atoms with Gasteiger partial charge in [-0.25, -0.2) is 0 Å². The second-order valence-electron chi connectivity index (χ2n) is 3.65. The van der Waals surface area contributed by atoms with Gasteiger partial charge < -0.3 is 4.90 Å². The summed E-state index contributed by atoms with van der Waals surface area (Å²) >= 11 is 0. The zero-order valence-corrected chi connectivity index (χ0v) is 8.18. The van der Waals surface area contributed by atoms with Gasteiger partial charge in [-0.3, -0.25) is 4.79 Å². The Morgan fingerprint density at radius 1 is 1.33 bits per heavy atom. The SMILES string of the molecule is CC(C)=C(C)N1CCCC(=O)C1. The first-order chi connectivity index (χ1) is 5.61. The number of carbonyl (C=O) groups is 1. The van der Waals surface area contributed by atoms with Gasteiger partial charge in [0.05, 0.1) is 6.54 Å². The maximum atomic E-state index is 11.1. The molecule has 0 atom stereocenters. The van der Waals surface area contributed by atoms with E-state index in [2.05, 4.69) is 25.7 Å². The van der Waals surface area contributed by atoms with Crippen LogP contribution in [0.15, 0.2) is 11.3 Å². The molecule has 2 heteroatoms. The number of hydrogen-bond acceptors (Lipinski definition) is 2. The summed E-state index contributed by atoms with van der Waals surface area (Å²) in [4.78, 5) is 13.3. The Morgan fingerprint density at radius 3 is 2.50 bits per heavy atom. The number of ketones is 1. The standard InChI is InChI=1S/C10H17NO/c1-8(2)9(3)11-6-4-5-10(12)7-11/h4-7H2,1-3H3. The summed E-state index contributed by atoms with van der Waals surface area (Å²) in [5.41, 5.74) is 2.58. The molecule has 0 saturated carbocycles. The normalized spacial score (nSPS) is 17.9. The van der Waals surface area contributed by atoms with E-state index >= 15 is 0 Å². The van der Waals surface area contributed by atoms with Crippen molar-refractivity contribution in [1.29, 1.82) is 0 Å². The van der Waals surface area contributed by atoms with E-state index < -0.39 is 0 Å². The van der Waals surface area contributed by atoms with E-state index in [4.69, 9.17) is 0 Å². The van der Waals surface area contributed by atoms with Crippen LogP contribution in [0.4, 0.5) is 0 Å². The Bertz CT molecular complexity index is 214. The smallest absolute Gasteiger partial charge is 0.152 e. The van der Waals surface area contributed by atoms with Gasteiger partial charge in [0.1, 0.15) is 0 Å². The van der Waals surface area contributed by atoms with Crippen LogP contribution in [0.1, 0.15) is 33.6 Å². The number of likely N-dealkylation sites (tertiary alicyclic amines) is 1. The number of rotatable bonds is 1. The summed E-state index contributed by atoms with van der Waals surface area (Å²) in [6.45, 7) is 7.94. The Balaban J connectivity index is 2.63. The number of allylic oxidation sites excluding steroid dienone is 2. The predicted octanol–water partition coefficient (Wildman–Crippen LogP) is 1.97. The molecule has 0 amide bonds. The maximum absolute atomic E-state index is 11.1. The van der Waals surface area contributed by atoms with Crippen LogP contribution in [0.5, 0.6) is 0 Å². The van der Waals surface area contributed by atoms with Crippen LogP contribution in [0.3, 0.4) is 0 Å². The Hall–Kier alpha value is -0.790. The van der Waals surface area contributed by atoms with Gasteiger partial charge in [-0.2, -0.15) is 0 Å². The molecule has 0 aromatic heterocycles. The minimum absolute atomic E-state index is 0.377. The van der Waals surface area contributed by atoms with E-state index in [0.29, 0.717) is 12.3 Å². The Labute approximate surface area is 74.2 Å². The molecule has 0 radical (unpaired) electrons. The minimum Gasteiger partial charge on any atom is -0.368 e. The molecule has 1 saturated heterocycles. The minimum atomic E-state index is 0.377. The van der Waals surface area contributed by atoms with Gasteiger partial charge in [-0.05, 0) is 27.2 Å². The average Bonchev–Trinajstić information content (AvgIpc) is 2.03. The van der Waals surface area contributed by atoms with E-state index in [-0.39, 0.29) is 0 Å². The number of nitrogens with zero attached hydrogens (tertiary/aromatic N) is 1. The van der Waals surface area contributed by atoms with Gasteiger partial charge >= 0.3 is 0 Å². The van der Waals surface area contributed by atoms with Gasteiger partial charge in [0.2, 0.25) is 0 Å². The quantitative estimate of drug-likeness (QED) is 0.595. The number of Topliss-reactive ketones (excluding diaryl/α,β-unsaturated/α-hetero) is 1. The van der Waals surface area contributed by atoms with Crippen molar-refractivity contribution in [3.05, 3.63) is 11.3 Å². The molecule has 0 aromatic carbocycles. The van der Waals surface area contributed by atoms with Gasteiger partial charge in [0.25, 0.3) is 0 Å². The average molecular weight is 167 g/mol. The van der Waals surface area contributed by atoms with Crippen molar-refractivity contribution in [1.82, 2.24) is 4.90 Å². The fourth-order valence-electron chi connectivity index (χ4n) is 1.44. The second-order valence-corrected chi connectivity index (χ2v) is 3.65. The van der Waals surface area contributed by atoms with E-state index in [9.17, 15) is 4.79 Å². The van der Waals surface area contributed by atoms with Crippen molar-refractivity contribution in [3.63, 3.8) is 0 Å². The third kappa shape index (κ3) is 2.10. The zero-order chi connectivity index (χ0) is 9.14. The molecule has 68 valence electrons. The highest BCUT2D eigenvalue weighted by Gasteiger charge is 2.16. The lowest BCUT2D eigenvalue weighted by Gasteiger charge is -2.29. The summed E-state index contributed by atoms with van der Waals surface area (Å²) in [6, 6.07) is 0. The molecule has 2 nitrogen and oxygen atoms in total. The third-order valence-corrected chi connectivity index (χ3v) is 2.45. The monoisotopic (exact) mass is 167 g/mol. The Kier molecular flexibility index (Phi) is 2.90. The lowest BCUT2D eigenvalue weighted by Crippen LogP contribution is -2.34. The van der Waals surface area contributed by atoms with Crippen LogP contribution in [0.25, 0.3) is 0 Å². The third-order valence-electron chi connectivity index (χ3n) is 2.45. The molecule has 1 rings (SSSR count). The molecule has 0 N–H and O–H groups in total. The summed E-state index contributed by atoms with van der Waals surface area (Å²) in [5.74, 6) is 0.377. The molecule has 0 aliphatic carbocycles.